The molecule has 1 heterocycles. The summed E-state index contributed by atoms with van der Waals surface area (Å²) in [7, 11) is 3.54. The van der Waals surface area contributed by atoms with E-state index in [2.05, 4.69) is 26.8 Å². The second kappa shape index (κ2) is 4.48. The van der Waals surface area contributed by atoms with E-state index in [1.807, 2.05) is 0 Å². The van der Waals surface area contributed by atoms with E-state index in [9.17, 15) is 4.79 Å². The third-order valence-corrected chi connectivity index (χ3v) is 3.47. The third-order valence-electron chi connectivity index (χ3n) is 3.47. The van der Waals surface area contributed by atoms with Crippen molar-refractivity contribution in [3.05, 3.63) is 34.6 Å². The van der Waals surface area contributed by atoms with Crippen molar-refractivity contribution in [3.63, 3.8) is 0 Å². The largest absolute Gasteiger partial charge is 0.464 e. The van der Waals surface area contributed by atoms with Gasteiger partial charge in [0.15, 0.2) is 0 Å². The first-order valence-electron chi connectivity index (χ1n) is 6.09. The Balaban J connectivity index is 2.55. The lowest BCUT2D eigenvalue weighted by Gasteiger charge is -2.10. The molecule has 1 aromatic heterocycles. The minimum atomic E-state index is 0.0929. The van der Waals surface area contributed by atoms with Gasteiger partial charge in [-0.2, -0.15) is 0 Å². The topological polar surface area (TPSA) is 33.5 Å². The lowest BCUT2D eigenvalue weighted by atomic mass is 9.99. The summed E-state index contributed by atoms with van der Waals surface area (Å²) in [6.07, 6.45) is 2.11. The number of aryl methyl sites for hydroxylation is 3. The highest BCUT2D eigenvalue weighted by Gasteiger charge is 2.15. The zero-order chi connectivity index (χ0) is 13.4. The van der Waals surface area contributed by atoms with Crippen molar-refractivity contribution in [1.29, 1.82) is 0 Å². The predicted octanol–water partition coefficient (Wildman–Crippen LogP) is 2.99. The molecule has 0 unspecified atom stereocenters. The van der Waals surface area contributed by atoms with Gasteiger partial charge in [0, 0.05) is 25.0 Å². The van der Waals surface area contributed by atoms with E-state index in [0.29, 0.717) is 6.42 Å². The Morgan fingerprint density at radius 3 is 2.50 bits per heavy atom. The Morgan fingerprint density at radius 1 is 1.22 bits per heavy atom. The summed E-state index contributed by atoms with van der Waals surface area (Å²) in [4.78, 5) is 13.4. The van der Waals surface area contributed by atoms with E-state index in [4.69, 9.17) is 4.42 Å². The summed E-state index contributed by atoms with van der Waals surface area (Å²) < 4.78 is 5.65. The molecule has 0 bridgehead atoms. The second-order valence-electron chi connectivity index (χ2n) is 5.07. The molecule has 0 spiro atoms. The highest BCUT2D eigenvalue weighted by Crippen LogP contribution is 2.30. The number of likely N-dealkylation sites (N-methyl/N-ethyl adjacent to an activating group) is 1. The number of carbonyl (C=O) groups excluding carboxylic acids is 1. The number of hydrogen-bond acceptors (Lipinski definition) is 2. The number of hydrogen-bond donors (Lipinski definition) is 0. The van der Waals surface area contributed by atoms with Gasteiger partial charge in [0.05, 0.1) is 12.7 Å². The summed E-state index contributed by atoms with van der Waals surface area (Å²) in [6.45, 7) is 6.20. The zero-order valence-electron chi connectivity index (χ0n) is 11.6. The number of fused-ring (bicyclic) bond motifs is 1. The first kappa shape index (κ1) is 12.7. The van der Waals surface area contributed by atoms with E-state index in [0.717, 1.165) is 22.1 Å². The van der Waals surface area contributed by atoms with Crippen LogP contribution in [0.4, 0.5) is 0 Å². The molecule has 0 radical (unpaired) electrons. The Morgan fingerprint density at radius 2 is 1.89 bits per heavy atom. The standard InChI is InChI=1S/C15H19NO2/c1-9-6-10(2)14-12(7-13(17)16(4)5)8-18-15(14)11(9)3/h6,8H,7H2,1-5H3. The molecule has 0 saturated heterocycles. The molecule has 0 fully saturated rings. The highest BCUT2D eigenvalue weighted by atomic mass is 16.3. The molecule has 1 aromatic carbocycles. The van der Waals surface area contributed by atoms with Crippen molar-refractivity contribution in [2.24, 2.45) is 0 Å². The lowest BCUT2D eigenvalue weighted by Crippen LogP contribution is -2.23. The number of nitrogens with zero attached hydrogens (tertiary/aromatic N) is 1. The number of rotatable bonds is 2. The van der Waals surface area contributed by atoms with Crippen LogP contribution < -0.4 is 0 Å². The van der Waals surface area contributed by atoms with Gasteiger partial charge in [-0.15, -0.1) is 0 Å². The molecule has 0 saturated carbocycles. The number of benzene rings is 1. The normalized spacial score (nSPS) is 10.9. The van der Waals surface area contributed by atoms with Crippen LogP contribution in [0, 0.1) is 20.8 Å². The van der Waals surface area contributed by atoms with Crippen molar-refractivity contribution in [2.45, 2.75) is 27.2 Å². The van der Waals surface area contributed by atoms with Crippen molar-refractivity contribution in [2.75, 3.05) is 14.1 Å². The van der Waals surface area contributed by atoms with Crippen LogP contribution in [-0.4, -0.2) is 24.9 Å². The summed E-state index contributed by atoms with van der Waals surface area (Å²) in [5.74, 6) is 0.0929. The molecule has 3 heteroatoms. The maximum Gasteiger partial charge on any atom is 0.226 e. The van der Waals surface area contributed by atoms with Crippen LogP contribution in [0.1, 0.15) is 22.3 Å². The fraction of sp³-hybridized carbons (Fsp3) is 0.400. The minimum Gasteiger partial charge on any atom is -0.464 e. The van der Waals surface area contributed by atoms with Crippen LogP contribution in [-0.2, 0) is 11.2 Å². The van der Waals surface area contributed by atoms with Crippen LogP contribution in [0.25, 0.3) is 11.0 Å². The van der Waals surface area contributed by atoms with Crippen LogP contribution in [0.3, 0.4) is 0 Å². The van der Waals surface area contributed by atoms with Crippen molar-refractivity contribution in [3.8, 4) is 0 Å². The molecule has 0 atom stereocenters. The smallest absolute Gasteiger partial charge is 0.226 e. The Hall–Kier alpha value is -1.77. The molecule has 18 heavy (non-hydrogen) atoms. The van der Waals surface area contributed by atoms with Crippen LogP contribution >= 0.6 is 0 Å². The molecule has 96 valence electrons. The fourth-order valence-electron chi connectivity index (χ4n) is 2.24. The van der Waals surface area contributed by atoms with Gasteiger partial charge in [-0.25, -0.2) is 0 Å². The first-order valence-corrected chi connectivity index (χ1v) is 6.09. The molecule has 0 aliphatic carbocycles. The Kier molecular flexibility index (Phi) is 3.16. The summed E-state index contributed by atoms with van der Waals surface area (Å²) in [6, 6.07) is 2.15. The second-order valence-corrected chi connectivity index (χ2v) is 5.07. The Bertz CT molecular complexity index is 608. The van der Waals surface area contributed by atoms with Crippen LogP contribution in [0.15, 0.2) is 16.7 Å². The van der Waals surface area contributed by atoms with Gasteiger partial charge in [-0.3, -0.25) is 4.79 Å². The maximum atomic E-state index is 11.8. The average molecular weight is 245 g/mol. The van der Waals surface area contributed by atoms with Gasteiger partial charge in [0.2, 0.25) is 5.91 Å². The minimum absolute atomic E-state index is 0.0929. The van der Waals surface area contributed by atoms with E-state index >= 15 is 0 Å². The summed E-state index contributed by atoms with van der Waals surface area (Å²) in [5, 5.41) is 1.09. The van der Waals surface area contributed by atoms with E-state index in [-0.39, 0.29) is 5.91 Å². The molecule has 2 aromatic rings. The molecule has 3 nitrogen and oxygen atoms in total. The molecule has 1 amide bonds. The van der Waals surface area contributed by atoms with Crippen molar-refractivity contribution < 1.29 is 9.21 Å². The van der Waals surface area contributed by atoms with Gasteiger partial charge >= 0.3 is 0 Å². The lowest BCUT2D eigenvalue weighted by molar-refractivity contribution is -0.127. The monoisotopic (exact) mass is 245 g/mol. The van der Waals surface area contributed by atoms with Crippen LogP contribution in [0.5, 0.6) is 0 Å². The summed E-state index contributed by atoms with van der Waals surface area (Å²) >= 11 is 0. The van der Waals surface area contributed by atoms with Gasteiger partial charge < -0.3 is 9.32 Å². The van der Waals surface area contributed by atoms with E-state index < -0.39 is 0 Å². The van der Waals surface area contributed by atoms with Crippen molar-refractivity contribution in [1.82, 2.24) is 4.90 Å². The van der Waals surface area contributed by atoms with Gasteiger partial charge in [-0.05, 0) is 37.5 Å². The van der Waals surface area contributed by atoms with Gasteiger partial charge in [-0.1, -0.05) is 6.07 Å². The van der Waals surface area contributed by atoms with Crippen molar-refractivity contribution >= 4 is 16.9 Å². The highest BCUT2D eigenvalue weighted by molar-refractivity contribution is 5.91. The van der Waals surface area contributed by atoms with Gasteiger partial charge in [0.25, 0.3) is 0 Å². The van der Waals surface area contributed by atoms with E-state index in [1.165, 1.54) is 11.1 Å². The number of furan rings is 1. The molecular formula is C15H19NO2. The molecular weight excluding hydrogens is 226 g/mol. The number of amides is 1. The van der Waals surface area contributed by atoms with E-state index in [1.54, 1.807) is 25.3 Å². The Labute approximate surface area is 107 Å². The molecule has 2 rings (SSSR count). The number of carbonyl (C=O) groups is 1. The molecule has 0 aliphatic heterocycles. The fourth-order valence-corrected chi connectivity index (χ4v) is 2.24. The molecule has 0 N–H and O–H groups in total. The summed E-state index contributed by atoms with van der Waals surface area (Å²) in [5.41, 5.74) is 5.43. The van der Waals surface area contributed by atoms with Gasteiger partial charge in [0.1, 0.15) is 5.58 Å². The zero-order valence-corrected chi connectivity index (χ0v) is 11.6. The third kappa shape index (κ3) is 2.01. The first-order chi connectivity index (χ1) is 8.41. The molecule has 0 aliphatic rings. The SMILES string of the molecule is Cc1cc(C)c2c(CC(=O)N(C)C)coc2c1C. The average Bonchev–Trinajstić information content (AvgIpc) is 2.70. The quantitative estimate of drug-likeness (QED) is 0.815. The van der Waals surface area contributed by atoms with Crippen LogP contribution in [0.2, 0.25) is 0 Å². The predicted molar refractivity (Wildman–Crippen MR) is 72.8 cm³/mol. The maximum absolute atomic E-state index is 11.8.